The molecule has 0 spiro atoms. The number of anilines is 1. The van der Waals surface area contributed by atoms with Crippen molar-refractivity contribution in [1.82, 2.24) is 4.98 Å². The molecule has 0 bridgehead atoms. The Morgan fingerprint density at radius 1 is 1.81 bits per heavy atom. The number of nitrogens with one attached hydrogen (secondary N) is 1. The third-order valence-electron chi connectivity index (χ3n) is 2.72. The standard InChI is InChI=1S/C9H13N3O3S/c1-6-7(2-3-15-6)4-10-9-11-5-8(16-9)12(13)14/h5-7H,2-4H2,1H3,(H,10,11). The van der Waals surface area contributed by atoms with Crippen LogP contribution in [0.15, 0.2) is 6.20 Å². The van der Waals surface area contributed by atoms with Crippen LogP contribution in [0.5, 0.6) is 0 Å². The normalized spacial score (nSPS) is 24.6. The van der Waals surface area contributed by atoms with E-state index in [4.69, 9.17) is 4.74 Å². The van der Waals surface area contributed by atoms with E-state index < -0.39 is 4.92 Å². The minimum Gasteiger partial charge on any atom is -0.378 e. The van der Waals surface area contributed by atoms with Crippen LogP contribution in [-0.2, 0) is 4.74 Å². The Morgan fingerprint density at radius 3 is 3.19 bits per heavy atom. The van der Waals surface area contributed by atoms with Gasteiger partial charge in [0, 0.05) is 19.1 Å². The molecule has 1 fully saturated rings. The Kier molecular flexibility index (Phi) is 3.35. The molecule has 1 aliphatic heterocycles. The molecule has 2 rings (SSSR count). The molecule has 1 aliphatic rings. The first-order valence-electron chi connectivity index (χ1n) is 5.12. The third-order valence-corrected chi connectivity index (χ3v) is 3.63. The van der Waals surface area contributed by atoms with Crippen molar-refractivity contribution in [3.63, 3.8) is 0 Å². The SMILES string of the molecule is CC1OCCC1CNc1ncc([N+](=O)[O-])s1. The summed E-state index contributed by atoms with van der Waals surface area (Å²) < 4.78 is 5.43. The molecule has 1 N–H and O–H groups in total. The van der Waals surface area contributed by atoms with Crippen LogP contribution in [0, 0.1) is 16.0 Å². The molecule has 1 aromatic heterocycles. The van der Waals surface area contributed by atoms with E-state index in [9.17, 15) is 10.1 Å². The smallest absolute Gasteiger partial charge is 0.345 e. The zero-order valence-electron chi connectivity index (χ0n) is 8.88. The highest BCUT2D eigenvalue weighted by Crippen LogP contribution is 2.26. The van der Waals surface area contributed by atoms with Gasteiger partial charge in [-0.1, -0.05) is 0 Å². The van der Waals surface area contributed by atoms with Gasteiger partial charge < -0.3 is 10.1 Å². The summed E-state index contributed by atoms with van der Waals surface area (Å²) in [7, 11) is 0. The summed E-state index contributed by atoms with van der Waals surface area (Å²) in [5.41, 5.74) is 0. The van der Waals surface area contributed by atoms with Crippen molar-refractivity contribution in [2.75, 3.05) is 18.5 Å². The Labute approximate surface area is 96.8 Å². The van der Waals surface area contributed by atoms with Crippen molar-refractivity contribution in [3.05, 3.63) is 16.3 Å². The number of ether oxygens (including phenoxy) is 1. The second-order valence-corrected chi connectivity index (χ2v) is 4.78. The molecule has 16 heavy (non-hydrogen) atoms. The van der Waals surface area contributed by atoms with Crippen molar-refractivity contribution < 1.29 is 9.66 Å². The van der Waals surface area contributed by atoms with Crippen LogP contribution in [-0.4, -0.2) is 29.2 Å². The van der Waals surface area contributed by atoms with Gasteiger partial charge in [0.05, 0.1) is 11.0 Å². The Balaban J connectivity index is 1.87. The molecule has 0 amide bonds. The van der Waals surface area contributed by atoms with Crippen LogP contribution in [0.1, 0.15) is 13.3 Å². The molecule has 88 valence electrons. The van der Waals surface area contributed by atoms with E-state index in [1.54, 1.807) is 0 Å². The van der Waals surface area contributed by atoms with Crippen LogP contribution < -0.4 is 5.32 Å². The van der Waals surface area contributed by atoms with Crippen LogP contribution in [0.2, 0.25) is 0 Å². The number of hydrogen-bond acceptors (Lipinski definition) is 6. The fourth-order valence-electron chi connectivity index (χ4n) is 1.69. The molecule has 0 saturated carbocycles. The van der Waals surface area contributed by atoms with Crippen molar-refractivity contribution in [2.24, 2.45) is 5.92 Å². The molecule has 7 heteroatoms. The molecule has 2 heterocycles. The van der Waals surface area contributed by atoms with E-state index >= 15 is 0 Å². The summed E-state index contributed by atoms with van der Waals surface area (Å²) in [6, 6.07) is 0. The lowest BCUT2D eigenvalue weighted by Gasteiger charge is -2.13. The first-order valence-corrected chi connectivity index (χ1v) is 5.94. The van der Waals surface area contributed by atoms with Crippen molar-refractivity contribution in [3.8, 4) is 0 Å². The topological polar surface area (TPSA) is 77.3 Å². The van der Waals surface area contributed by atoms with E-state index in [1.165, 1.54) is 6.20 Å². The van der Waals surface area contributed by atoms with Gasteiger partial charge >= 0.3 is 5.00 Å². The highest BCUT2D eigenvalue weighted by atomic mass is 32.1. The lowest BCUT2D eigenvalue weighted by Crippen LogP contribution is -2.20. The highest BCUT2D eigenvalue weighted by molar-refractivity contribution is 7.18. The number of rotatable bonds is 4. The van der Waals surface area contributed by atoms with Gasteiger partial charge in [0.2, 0.25) is 0 Å². The van der Waals surface area contributed by atoms with Gasteiger partial charge in [0.15, 0.2) is 5.13 Å². The minimum absolute atomic E-state index is 0.0678. The summed E-state index contributed by atoms with van der Waals surface area (Å²) in [5.74, 6) is 0.461. The average Bonchev–Trinajstić information content (AvgIpc) is 2.83. The second-order valence-electron chi connectivity index (χ2n) is 3.77. The number of thiazole rings is 1. The van der Waals surface area contributed by atoms with E-state index in [0.717, 1.165) is 30.9 Å². The Bertz CT molecular complexity index is 382. The van der Waals surface area contributed by atoms with Crippen molar-refractivity contribution in [1.29, 1.82) is 0 Å². The van der Waals surface area contributed by atoms with E-state index in [0.29, 0.717) is 11.0 Å². The molecule has 2 atom stereocenters. The molecular formula is C9H13N3O3S. The second kappa shape index (κ2) is 4.75. The number of aromatic nitrogens is 1. The predicted molar refractivity (Wildman–Crippen MR) is 60.8 cm³/mol. The molecule has 6 nitrogen and oxygen atoms in total. The highest BCUT2D eigenvalue weighted by Gasteiger charge is 2.24. The quantitative estimate of drug-likeness (QED) is 0.645. The molecule has 0 aliphatic carbocycles. The maximum Gasteiger partial charge on any atom is 0.345 e. The number of nitro groups is 1. The van der Waals surface area contributed by atoms with Crippen molar-refractivity contribution >= 4 is 21.5 Å². The van der Waals surface area contributed by atoms with Gasteiger partial charge in [0.25, 0.3) is 0 Å². The first kappa shape index (κ1) is 11.3. The summed E-state index contributed by atoms with van der Waals surface area (Å²) in [6.07, 6.45) is 2.56. The lowest BCUT2D eigenvalue weighted by atomic mass is 10.0. The van der Waals surface area contributed by atoms with Crippen molar-refractivity contribution in [2.45, 2.75) is 19.4 Å². The Hall–Kier alpha value is -1.21. The van der Waals surface area contributed by atoms with Gasteiger partial charge in [-0.3, -0.25) is 10.1 Å². The summed E-state index contributed by atoms with van der Waals surface area (Å²) in [5, 5.41) is 14.2. The lowest BCUT2D eigenvalue weighted by molar-refractivity contribution is -0.380. The summed E-state index contributed by atoms with van der Waals surface area (Å²) in [4.78, 5) is 14.0. The molecule has 0 radical (unpaired) electrons. The largest absolute Gasteiger partial charge is 0.378 e. The number of hydrogen-bond donors (Lipinski definition) is 1. The van der Waals surface area contributed by atoms with Gasteiger partial charge in [-0.05, 0) is 24.7 Å². The molecular weight excluding hydrogens is 230 g/mol. The zero-order chi connectivity index (χ0) is 11.5. The Morgan fingerprint density at radius 2 is 2.62 bits per heavy atom. The van der Waals surface area contributed by atoms with Gasteiger partial charge in [-0.2, -0.15) is 0 Å². The molecule has 1 saturated heterocycles. The minimum atomic E-state index is -0.426. The maximum absolute atomic E-state index is 10.5. The van der Waals surface area contributed by atoms with Gasteiger partial charge in [-0.25, -0.2) is 4.98 Å². The predicted octanol–water partition coefficient (Wildman–Crippen LogP) is 1.89. The maximum atomic E-state index is 10.5. The van der Waals surface area contributed by atoms with Gasteiger partial charge in [0.1, 0.15) is 6.20 Å². The third kappa shape index (κ3) is 2.48. The molecule has 1 aromatic rings. The van der Waals surface area contributed by atoms with Crippen LogP contribution in [0.4, 0.5) is 10.1 Å². The average molecular weight is 243 g/mol. The van der Waals surface area contributed by atoms with Crippen LogP contribution >= 0.6 is 11.3 Å². The molecule has 2 unspecified atom stereocenters. The van der Waals surface area contributed by atoms with Crippen LogP contribution in [0.25, 0.3) is 0 Å². The zero-order valence-corrected chi connectivity index (χ0v) is 9.70. The summed E-state index contributed by atoms with van der Waals surface area (Å²) in [6.45, 7) is 3.60. The fourth-order valence-corrected chi connectivity index (χ4v) is 2.33. The van der Waals surface area contributed by atoms with Crippen LogP contribution in [0.3, 0.4) is 0 Å². The van der Waals surface area contributed by atoms with E-state index in [1.807, 2.05) is 6.92 Å². The monoisotopic (exact) mass is 243 g/mol. The molecule has 0 aromatic carbocycles. The van der Waals surface area contributed by atoms with E-state index in [2.05, 4.69) is 10.3 Å². The van der Waals surface area contributed by atoms with E-state index in [-0.39, 0.29) is 11.1 Å². The van der Waals surface area contributed by atoms with Gasteiger partial charge in [-0.15, -0.1) is 0 Å². The number of nitrogens with zero attached hydrogens (tertiary/aromatic N) is 2. The fraction of sp³-hybridized carbons (Fsp3) is 0.667. The summed E-state index contributed by atoms with van der Waals surface area (Å²) >= 11 is 1.06. The first-order chi connectivity index (χ1) is 7.66.